The molecule has 0 atom stereocenters. The van der Waals surface area contributed by atoms with E-state index in [4.69, 9.17) is 0 Å². The van der Waals surface area contributed by atoms with Crippen LogP contribution >= 0.6 is 11.3 Å². The van der Waals surface area contributed by atoms with E-state index in [1.165, 1.54) is 11.3 Å². The van der Waals surface area contributed by atoms with Gasteiger partial charge in [0.1, 0.15) is 5.01 Å². The molecule has 4 nitrogen and oxygen atoms in total. The van der Waals surface area contributed by atoms with Gasteiger partial charge in [0.05, 0.1) is 17.1 Å². The molecule has 0 N–H and O–H groups in total. The van der Waals surface area contributed by atoms with Gasteiger partial charge in [-0.3, -0.25) is 9.48 Å². The zero-order valence-electron chi connectivity index (χ0n) is 8.60. The van der Waals surface area contributed by atoms with Gasteiger partial charge in [-0.1, -0.05) is 0 Å². The fourth-order valence-corrected chi connectivity index (χ4v) is 2.33. The fourth-order valence-electron chi connectivity index (χ4n) is 1.38. The highest BCUT2D eigenvalue weighted by Gasteiger charge is 2.11. The number of hydrogen-bond donors (Lipinski definition) is 0. The molecule has 0 fully saturated rings. The minimum absolute atomic E-state index is 0.0803. The third-order valence-electron chi connectivity index (χ3n) is 2.02. The molecule has 0 amide bonds. The predicted octanol–water partition coefficient (Wildman–Crippen LogP) is 1.90. The van der Waals surface area contributed by atoms with E-state index in [0.717, 1.165) is 15.6 Å². The Morgan fingerprint density at radius 3 is 2.93 bits per heavy atom. The third-order valence-corrected chi connectivity index (χ3v) is 3.26. The molecule has 78 valence electrons. The molecule has 0 aliphatic carbocycles. The zero-order chi connectivity index (χ0) is 10.8. The summed E-state index contributed by atoms with van der Waals surface area (Å²) in [6.45, 7) is 4.06. The van der Waals surface area contributed by atoms with Crippen molar-refractivity contribution in [3.8, 4) is 0 Å². The fraction of sp³-hybridized carbons (Fsp3) is 0.300. The number of carbonyl (C=O) groups is 1. The molecule has 0 aliphatic heterocycles. The lowest BCUT2D eigenvalue weighted by molar-refractivity contribution is 0.102. The monoisotopic (exact) mass is 221 g/mol. The van der Waals surface area contributed by atoms with E-state index in [-0.39, 0.29) is 5.78 Å². The van der Waals surface area contributed by atoms with E-state index in [9.17, 15) is 4.79 Å². The molecule has 0 bridgehead atoms. The topological polar surface area (TPSA) is 47.8 Å². The maximum absolute atomic E-state index is 11.2. The molecule has 2 rings (SSSR count). The predicted molar refractivity (Wildman–Crippen MR) is 58.2 cm³/mol. The van der Waals surface area contributed by atoms with Crippen LogP contribution in [0, 0.1) is 6.92 Å². The lowest BCUT2D eigenvalue weighted by Gasteiger charge is -1.94. The van der Waals surface area contributed by atoms with Gasteiger partial charge < -0.3 is 0 Å². The Morgan fingerprint density at radius 2 is 2.40 bits per heavy atom. The molecule has 2 heterocycles. The lowest BCUT2D eigenvalue weighted by atomic mass is 10.3. The quantitative estimate of drug-likeness (QED) is 0.744. The Morgan fingerprint density at radius 1 is 1.60 bits per heavy atom. The van der Waals surface area contributed by atoms with Crippen LogP contribution in [0.15, 0.2) is 18.5 Å². The average Bonchev–Trinajstić information content (AvgIpc) is 2.75. The highest BCUT2D eigenvalue weighted by atomic mass is 32.1. The number of Topliss-reactive ketones (excluding diaryl/α,β-unsaturated/α-hetero) is 1. The summed E-state index contributed by atoms with van der Waals surface area (Å²) in [5.74, 6) is 0.0803. The summed E-state index contributed by atoms with van der Waals surface area (Å²) in [5, 5.41) is 5.01. The first-order chi connectivity index (χ1) is 7.16. The average molecular weight is 221 g/mol. The number of rotatable bonds is 3. The summed E-state index contributed by atoms with van der Waals surface area (Å²) in [6.07, 6.45) is 3.61. The number of carbonyl (C=O) groups excluding carboxylic acids is 1. The van der Waals surface area contributed by atoms with Crippen molar-refractivity contribution < 1.29 is 4.79 Å². The van der Waals surface area contributed by atoms with Gasteiger partial charge in [0.2, 0.25) is 0 Å². The number of nitrogens with zero attached hydrogens (tertiary/aromatic N) is 3. The molecule has 0 spiro atoms. The third kappa shape index (κ3) is 2.12. The van der Waals surface area contributed by atoms with Crippen molar-refractivity contribution in [1.29, 1.82) is 0 Å². The molecule has 15 heavy (non-hydrogen) atoms. The second kappa shape index (κ2) is 3.94. The van der Waals surface area contributed by atoms with E-state index in [2.05, 4.69) is 10.1 Å². The minimum Gasteiger partial charge on any atom is -0.294 e. The first-order valence-electron chi connectivity index (χ1n) is 4.61. The van der Waals surface area contributed by atoms with Gasteiger partial charge >= 0.3 is 0 Å². The van der Waals surface area contributed by atoms with Crippen LogP contribution < -0.4 is 0 Å². The number of thiazole rings is 1. The molecule has 0 saturated heterocycles. The largest absolute Gasteiger partial charge is 0.294 e. The highest BCUT2D eigenvalue weighted by Crippen LogP contribution is 2.19. The number of aryl methyl sites for hydroxylation is 1. The summed E-state index contributed by atoms with van der Waals surface area (Å²) in [4.78, 5) is 16.3. The highest BCUT2D eigenvalue weighted by molar-refractivity contribution is 7.13. The van der Waals surface area contributed by atoms with Crippen molar-refractivity contribution in [3.05, 3.63) is 34.0 Å². The Hall–Kier alpha value is -1.49. The van der Waals surface area contributed by atoms with Crippen molar-refractivity contribution in [3.63, 3.8) is 0 Å². The summed E-state index contributed by atoms with van der Waals surface area (Å²) >= 11 is 1.44. The van der Waals surface area contributed by atoms with Gasteiger partial charge in [0, 0.05) is 19.3 Å². The van der Waals surface area contributed by atoms with Crippen LogP contribution in [0.5, 0.6) is 0 Å². The standard InChI is InChI=1S/C10H11N3OS/c1-7-10(8(2)14)15-9(12-7)6-13-5-3-4-11-13/h3-5H,6H2,1-2H3. The van der Waals surface area contributed by atoms with E-state index in [0.29, 0.717) is 6.54 Å². The second-order valence-corrected chi connectivity index (χ2v) is 4.37. The van der Waals surface area contributed by atoms with Gasteiger partial charge in [-0.25, -0.2) is 4.98 Å². The number of ketones is 1. The molecule has 5 heteroatoms. The normalized spacial score (nSPS) is 10.5. The molecular weight excluding hydrogens is 210 g/mol. The second-order valence-electron chi connectivity index (χ2n) is 3.28. The molecule has 0 radical (unpaired) electrons. The van der Waals surface area contributed by atoms with E-state index < -0.39 is 0 Å². The summed E-state index contributed by atoms with van der Waals surface area (Å²) in [7, 11) is 0. The van der Waals surface area contributed by atoms with Gasteiger partial charge in [-0.05, 0) is 13.0 Å². The molecule has 0 saturated carbocycles. The van der Waals surface area contributed by atoms with Crippen LogP contribution in [0.2, 0.25) is 0 Å². The molecular formula is C10H11N3OS. The maximum Gasteiger partial charge on any atom is 0.171 e. The van der Waals surface area contributed by atoms with Gasteiger partial charge in [-0.2, -0.15) is 5.10 Å². The van der Waals surface area contributed by atoms with E-state index >= 15 is 0 Å². The summed E-state index contributed by atoms with van der Waals surface area (Å²) < 4.78 is 1.79. The van der Waals surface area contributed by atoms with Crippen molar-refractivity contribution in [2.75, 3.05) is 0 Å². The van der Waals surface area contributed by atoms with Gasteiger partial charge in [0.25, 0.3) is 0 Å². The Bertz CT molecular complexity index is 473. The Balaban J connectivity index is 2.23. The van der Waals surface area contributed by atoms with Crippen molar-refractivity contribution in [1.82, 2.24) is 14.8 Å². The molecule has 2 aromatic heterocycles. The Labute approximate surface area is 91.6 Å². The maximum atomic E-state index is 11.2. The van der Waals surface area contributed by atoms with E-state index in [1.54, 1.807) is 17.8 Å². The van der Waals surface area contributed by atoms with Crippen LogP contribution in [-0.4, -0.2) is 20.5 Å². The lowest BCUT2D eigenvalue weighted by Crippen LogP contribution is -1.98. The Kier molecular flexibility index (Phi) is 2.64. The molecule has 0 unspecified atom stereocenters. The molecule has 0 aliphatic rings. The van der Waals surface area contributed by atoms with Crippen LogP contribution in [0.25, 0.3) is 0 Å². The SMILES string of the molecule is CC(=O)c1sc(Cn2cccn2)nc1C. The molecule has 2 aromatic rings. The smallest absolute Gasteiger partial charge is 0.171 e. The van der Waals surface area contributed by atoms with Gasteiger partial charge in [0.15, 0.2) is 5.78 Å². The van der Waals surface area contributed by atoms with Crippen LogP contribution in [-0.2, 0) is 6.54 Å². The van der Waals surface area contributed by atoms with Crippen LogP contribution in [0.1, 0.15) is 27.3 Å². The summed E-state index contributed by atoms with van der Waals surface area (Å²) in [6, 6.07) is 1.87. The number of hydrogen-bond acceptors (Lipinski definition) is 4. The first kappa shape index (κ1) is 10.0. The van der Waals surface area contributed by atoms with Crippen LogP contribution in [0.3, 0.4) is 0 Å². The van der Waals surface area contributed by atoms with Crippen LogP contribution in [0.4, 0.5) is 0 Å². The van der Waals surface area contributed by atoms with Crippen molar-refractivity contribution in [2.45, 2.75) is 20.4 Å². The minimum atomic E-state index is 0.0803. The van der Waals surface area contributed by atoms with Crippen molar-refractivity contribution >= 4 is 17.1 Å². The van der Waals surface area contributed by atoms with Gasteiger partial charge in [-0.15, -0.1) is 11.3 Å². The molecule has 0 aromatic carbocycles. The number of aromatic nitrogens is 3. The summed E-state index contributed by atoms with van der Waals surface area (Å²) in [5.41, 5.74) is 0.814. The zero-order valence-corrected chi connectivity index (χ0v) is 9.41. The van der Waals surface area contributed by atoms with E-state index in [1.807, 2.05) is 19.2 Å². The first-order valence-corrected chi connectivity index (χ1v) is 5.43. The van der Waals surface area contributed by atoms with Crippen molar-refractivity contribution in [2.24, 2.45) is 0 Å².